The normalized spacial score (nSPS) is 20.1. The van der Waals surface area contributed by atoms with Crippen LogP contribution in [0.3, 0.4) is 0 Å². The Bertz CT molecular complexity index is 1370. The van der Waals surface area contributed by atoms with Gasteiger partial charge in [0.05, 0.1) is 32.0 Å². The van der Waals surface area contributed by atoms with Crippen molar-refractivity contribution in [2.75, 3.05) is 32.2 Å². The highest BCUT2D eigenvalue weighted by Crippen LogP contribution is 2.50. The summed E-state index contributed by atoms with van der Waals surface area (Å²) in [5, 5.41) is 0. The number of anilines is 1. The first kappa shape index (κ1) is 27.7. The molecule has 3 atom stereocenters. The summed E-state index contributed by atoms with van der Waals surface area (Å²) in [5.41, 5.74) is 5.15. The van der Waals surface area contributed by atoms with E-state index in [4.69, 9.17) is 9.47 Å². The van der Waals surface area contributed by atoms with Gasteiger partial charge in [-0.3, -0.25) is 14.6 Å². The molecule has 0 bridgehead atoms. The van der Waals surface area contributed by atoms with Gasteiger partial charge in [-0.25, -0.2) is 0 Å². The monoisotopic (exact) mass is 541 g/mol. The Hall–Kier alpha value is -3.87. The molecule has 210 valence electrons. The van der Waals surface area contributed by atoms with Gasteiger partial charge in [0.2, 0.25) is 5.91 Å². The first-order valence-corrected chi connectivity index (χ1v) is 14.0. The van der Waals surface area contributed by atoms with Crippen LogP contribution < -0.4 is 9.64 Å². The van der Waals surface area contributed by atoms with E-state index in [1.54, 1.807) is 19.5 Å². The Morgan fingerprint density at radius 2 is 1.77 bits per heavy atom. The van der Waals surface area contributed by atoms with Gasteiger partial charge in [0.25, 0.3) is 0 Å². The van der Waals surface area contributed by atoms with Crippen molar-refractivity contribution in [2.45, 2.75) is 52.1 Å². The molecule has 2 aliphatic heterocycles. The lowest BCUT2D eigenvalue weighted by atomic mass is 9.81. The molecule has 5 rings (SSSR count). The Labute approximate surface area is 237 Å². The number of ether oxygens (including phenoxy) is 2. The van der Waals surface area contributed by atoms with Crippen molar-refractivity contribution in [1.82, 2.24) is 9.88 Å². The number of likely N-dealkylation sites (N-methyl/N-ethyl adjacent to an activating group) is 1. The lowest BCUT2D eigenvalue weighted by molar-refractivity contribution is -0.147. The Balaban J connectivity index is 1.49. The summed E-state index contributed by atoms with van der Waals surface area (Å²) in [6, 6.07) is 18.2. The zero-order chi connectivity index (χ0) is 28.4. The SMILES string of the molecule is COc1cccc(-c2ccc3c(c2)C2[C@H](CCN2C(=O)Cc2ccncc2)[C@H](COC(=O)CC(C)(C)C)N3C)c1. The maximum Gasteiger partial charge on any atom is 0.306 e. The minimum absolute atomic E-state index is 0.0252. The van der Waals surface area contributed by atoms with Crippen LogP contribution in [0.25, 0.3) is 11.1 Å². The standard InChI is InChI=1S/C33H39N3O4/c1-33(2,3)20-31(38)40-21-29-26-13-16-36(30(37)17-22-11-14-34-15-12-22)32(26)27-19-24(9-10-28(27)35(29)4)23-7-6-8-25(18-23)39-5/h6-12,14-15,18-19,26,29,32H,13,16-17,20-21H2,1-5H3/t26-,29+,32?/m1/s1. The molecular formula is C33H39N3O4. The third kappa shape index (κ3) is 5.83. The van der Waals surface area contributed by atoms with Crippen LogP contribution in [0.15, 0.2) is 67.0 Å². The number of hydrogen-bond acceptors (Lipinski definition) is 6. The minimum atomic E-state index is -0.180. The van der Waals surface area contributed by atoms with Crippen LogP contribution >= 0.6 is 0 Å². The first-order valence-electron chi connectivity index (χ1n) is 14.0. The van der Waals surface area contributed by atoms with Crippen molar-refractivity contribution in [3.8, 4) is 16.9 Å². The van der Waals surface area contributed by atoms with E-state index in [0.717, 1.165) is 40.1 Å². The van der Waals surface area contributed by atoms with E-state index in [0.29, 0.717) is 26.0 Å². The topological polar surface area (TPSA) is 72.0 Å². The van der Waals surface area contributed by atoms with Crippen LogP contribution in [0.5, 0.6) is 5.75 Å². The molecule has 0 radical (unpaired) electrons. The van der Waals surface area contributed by atoms with Gasteiger partial charge >= 0.3 is 5.97 Å². The number of likely N-dealkylation sites (tertiary alicyclic amines) is 1. The highest BCUT2D eigenvalue weighted by molar-refractivity contribution is 5.81. The van der Waals surface area contributed by atoms with Gasteiger partial charge in [-0.1, -0.05) is 39.0 Å². The summed E-state index contributed by atoms with van der Waals surface area (Å²) in [6.07, 6.45) is 5.00. The zero-order valence-corrected chi connectivity index (χ0v) is 24.1. The predicted octanol–water partition coefficient (Wildman–Crippen LogP) is 5.69. The van der Waals surface area contributed by atoms with Crippen molar-refractivity contribution >= 4 is 17.6 Å². The fourth-order valence-electron chi connectivity index (χ4n) is 6.13. The van der Waals surface area contributed by atoms with Crippen molar-refractivity contribution in [1.29, 1.82) is 0 Å². The highest BCUT2D eigenvalue weighted by Gasteiger charge is 2.48. The van der Waals surface area contributed by atoms with Crippen LogP contribution in [0.2, 0.25) is 0 Å². The van der Waals surface area contributed by atoms with E-state index in [1.807, 2.05) is 56.0 Å². The summed E-state index contributed by atoms with van der Waals surface area (Å²) in [6.45, 7) is 7.09. The molecule has 1 fully saturated rings. The van der Waals surface area contributed by atoms with E-state index >= 15 is 0 Å². The fraction of sp³-hybridized carbons (Fsp3) is 0.424. The second-order valence-electron chi connectivity index (χ2n) is 12.1. The number of carbonyl (C=O) groups is 2. The summed E-state index contributed by atoms with van der Waals surface area (Å²) in [4.78, 5) is 34.7. The third-order valence-electron chi connectivity index (χ3n) is 8.08. The van der Waals surface area contributed by atoms with Crippen molar-refractivity contribution < 1.29 is 19.1 Å². The maximum absolute atomic E-state index is 13.7. The highest BCUT2D eigenvalue weighted by atomic mass is 16.5. The van der Waals surface area contributed by atoms with E-state index in [2.05, 4.69) is 41.2 Å². The molecule has 2 aliphatic rings. The second kappa shape index (κ2) is 11.3. The largest absolute Gasteiger partial charge is 0.497 e. The smallest absolute Gasteiger partial charge is 0.306 e. The molecule has 3 heterocycles. The van der Waals surface area contributed by atoms with Crippen LogP contribution in [0.4, 0.5) is 5.69 Å². The molecule has 3 aromatic rings. The van der Waals surface area contributed by atoms with Gasteiger partial charge in [-0.15, -0.1) is 0 Å². The van der Waals surface area contributed by atoms with Gasteiger partial charge in [0.15, 0.2) is 0 Å². The lowest BCUT2D eigenvalue weighted by Gasteiger charge is -2.45. The molecule has 0 saturated carbocycles. The first-order chi connectivity index (χ1) is 19.1. The molecule has 1 amide bonds. The summed E-state index contributed by atoms with van der Waals surface area (Å²) >= 11 is 0. The predicted molar refractivity (Wildman–Crippen MR) is 156 cm³/mol. The van der Waals surface area contributed by atoms with Crippen LogP contribution in [0.1, 0.15) is 50.8 Å². The van der Waals surface area contributed by atoms with E-state index in [9.17, 15) is 9.59 Å². The second-order valence-corrected chi connectivity index (χ2v) is 12.1. The number of aromatic nitrogens is 1. The van der Waals surface area contributed by atoms with E-state index in [1.165, 1.54) is 0 Å². The van der Waals surface area contributed by atoms with Crippen LogP contribution in [-0.2, 0) is 20.7 Å². The molecule has 1 unspecified atom stereocenters. The number of rotatable bonds is 7. The van der Waals surface area contributed by atoms with Crippen LogP contribution in [-0.4, -0.2) is 55.1 Å². The summed E-state index contributed by atoms with van der Waals surface area (Å²) < 4.78 is 11.3. The van der Waals surface area contributed by atoms with E-state index < -0.39 is 0 Å². The van der Waals surface area contributed by atoms with Gasteiger partial charge in [-0.2, -0.15) is 0 Å². The fourth-order valence-corrected chi connectivity index (χ4v) is 6.13. The molecule has 0 aliphatic carbocycles. The number of nitrogens with zero attached hydrogens (tertiary/aromatic N) is 3. The quantitative estimate of drug-likeness (QED) is 0.358. The number of fused-ring (bicyclic) bond motifs is 3. The third-order valence-corrected chi connectivity index (χ3v) is 8.08. The number of benzene rings is 2. The molecule has 7 heteroatoms. The van der Waals surface area contributed by atoms with Gasteiger partial charge in [0, 0.05) is 37.6 Å². The molecule has 2 aromatic carbocycles. The molecule has 7 nitrogen and oxygen atoms in total. The van der Waals surface area contributed by atoms with Crippen molar-refractivity contribution in [2.24, 2.45) is 11.3 Å². The Morgan fingerprint density at radius 1 is 1.02 bits per heavy atom. The molecule has 1 aromatic heterocycles. The zero-order valence-electron chi connectivity index (χ0n) is 24.1. The molecule has 0 N–H and O–H groups in total. The number of esters is 1. The lowest BCUT2D eigenvalue weighted by Crippen LogP contribution is -2.49. The van der Waals surface area contributed by atoms with Gasteiger partial charge < -0.3 is 19.3 Å². The molecule has 1 saturated heterocycles. The molecular weight excluding hydrogens is 502 g/mol. The Morgan fingerprint density at radius 3 is 2.50 bits per heavy atom. The number of methoxy groups -OCH3 is 1. The Kier molecular flexibility index (Phi) is 7.83. The van der Waals surface area contributed by atoms with Crippen LogP contribution in [0, 0.1) is 11.3 Å². The number of hydrogen-bond donors (Lipinski definition) is 0. The number of amides is 1. The number of pyridine rings is 1. The molecule has 0 spiro atoms. The van der Waals surface area contributed by atoms with Gasteiger partial charge in [0.1, 0.15) is 12.4 Å². The minimum Gasteiger partial charge on any atom is -0.497 e. The van der Waals surface area contributed by atoms with Gasteiger partial charge in [-0.05, 0) is 70.5 Å². The maximum atomic E-state index is 13.7. The van der Waals surface area contributed by atoms with Crippen molar-refractivity contribution in [3.63, 3.8) is 0 Å². The summed E-state index contributed by atoms with van der Waals surface area (Å²) in [5.74, 6) is 0.865. The average Bonchev–Trinajstić information content (AvgIpc) is 3.38. The number of carbonyl (C=O) groups excluding carboxylic acids is 2. The van der Waals surface area contributed by atoms with Crippen molar-refractivity contribution in [3.05, 3.63) is 78.1 Å². The van der Waals surface area contributed by atoms with E-state index in [-0.39, 0.29) is 35.3 Å². The summed E-state index contributed by atoms with van der Waals surface area (Å²) in [7, 11) is 3.74. The molecule has 40 heavy (non-hydrogen) atoms. The average molecular weight is 542 g/mol.